The predicted octanol–water partition coefficient (Wildman–Crippen LogP) is 13.8. The van der Waals surface area contributed by atoms with Gasteiger partial charge in [-0.05, 0) is 59.3 Å². The van der Waals surface area contributed by atoms with Gasteiger partial charge in [0.2, 0.25) is 0 Å². The zero-order chi connectivity index (χ0) is 36.3. The Labute approximate surface area is 320 Å². The summed E-state index contributed by atoms with van der Waals surface area (Å²) < 4.78 is 9.23. The Hall–Kier alpha value is -7.15. The molecule has 0 aliphatic rings. The van der Waals surface area contributed by atoms with Crippen LogP contribution >= 0.6 is 11.3 Å². The van der Waals surface area contributed by atoms with Gasteiger partial charge in [-0.25, -0.2) is 15.0 Å². The van der Waals surface area contributed by atoms with Gasteiger partial charge in [0.1, 0.15) is 11.2 Å². The van der Waals surface area contributed by atoms with Crippen molar-refractivity contribution in [1.82, 2.24) is 15.0 Å². The quantitative estimate of drug-likeness (QED) is 0.171. The van der Waals surface area contributed by atoms with Crippen molar-refractivity contribution in [1.29, 1.82) is 0 Å². The summed E-state index contributed by atoms with van der Waals surface area (Å²) in [6.45, 7) is 0. The minimum atomic E-state index is 0.597. The van der Waals surface area contributed by atoms with Crippen molar-refractivity contribution in [3.05, 3.63) is 182 Å². The molecule has 0 N–H and O–H groups in total. The second kappa shape index (κ2) is 12.8. The number of hydrogen-bond donors (Lipinski definition) is 0. The number of hydrogen-bond acceptors (Lipinski definition) is 6. The fraction of sp³-hybridized carbons (Fsp3) is 0. The summed E-state index contributed by atoms with van der Waals surface area (Å²) in [5.41, 5.74) is 7.47. The van der Waals surface area contributed by atoms with Crippen molar-refractivity contribution in [3.8, 4) is 34.2 Å². The second-order valence-electron chi connectivity index (χ2n) is 13.6. The molecule has 0 aliphatic carbocycles. The molecule has 0 saturated carbocycles. The van der Waals surface area contributed by atoms with Gasteiger partial charge < -0.3 is 9.32 Å². The highest BCUT2D eigenvalue weighted by molar-refractivity contribution is 7.25. The van der Waals surface area contributed by atoms with E-state index in [1.165, 1.54) is 30.9 Å². The van der Waals surface area contributed by atoms with Crippen LogP contribution in [-0.2, 0) is 0 Å². The topological polar surface area (TPSA) is 55.1 Å². The number of benzene rings is 8. The molecule has 0 saturated heterocycles. The van der Waals surface area contributed by atoms with Crippen LogP contribution < -0.4 is 4.90 Å². The van der Waals surface area contributed by atoms with Crippen molar-refractivity contribution in [3.63, 3.8) is 0 Å². The zero-order valence-corrected chi connectivity index (χ0v) is 30.2. The van der Waals surface area contributed by atoms with Crippen molar-refractivity contribution < 1.29 is 4.42 Å². The van der Waals surface area contributed by atoms with E-state index in [1.54, 1.807) is 0 Å². The van der Waals surface area contributed by atoms with Crippen LogP contribution in [0.2, 0.25) is 0 Å². The lowest BCUT2D eigenvalue weighted by molar-refractivity contribution is 0.669. The molecule has 5 nitrogen and oxygen atoms in total. The number of furan rings is 1. The molecule has 0 amide bonds. The van der Waals surface area contributed by atoms with Gasteiger partial charge in [0.25, 0.3) is 0 Å². The van der Waals surface area contributed by atoms with E-state index in [0.29, 0.717) is 17.5 Å². The first-order valence-electron chi connectivity index (χ1n) is 18.3. The average molecular weight is 723 g/mol. The molecule has 11 rings (SSSR count). The molecular weight excluding hydrogens is 693 g/mol. The molecule has 3 aromatic heterocycles. The van der Waals surface area contributed by atoms with Crippen molar-refractivity contribution in [2.24, 2.45) is 0 Å². The van der Waals surface area contributed by atoms with Crippen LogP contribution in [0.1, 0.15) is 0 Å². The highest BCUT2D eigenvalue weighted by Crippen LogP contribution is 2.44. The number of anilines is 3. The summed E-state index contributed by atoms with van der Waals surface area (Å²) in [6, 6.07) is 63.4. The summed E-state index contributed by atoms with van der Waals surface area (Å²) in [6.07, 6.45) is 0. The fourth-order valence-corrected chi connectivity index (χ4v) is 8.82. The molecule has 6 heteroatoms. The van der Waals surface area contributed by atoms with E-state index in [-0.39, 0.29) is 0 Å². The Morgan fingerprint density at radius 3 is 1.78 bits per heavy atom. The van der Waals surface area contributed by atoms with Gasteiger partial charge in [0, 0.05) is 70.8 Å². The maximum atomic E-state index is 6.69. The van der Waals surface area contributed by atoms with Crippen LogP contribution in [0.15, 0.2) is 186 Å². The first kappa shape index (κ1) is 31.4. The summed E-state index contributed by atoms with van der Waals surface area (Å²) in [7, 11) is 0. The van der Waals surface area contributed by atoms with Crippen molar-refractivity contribution in [2.75, 3.05) is 4.90 Å². The Bertz CT molecular complexity index is 3170. The molecule has 0 bridgehead atoms. The highest BCUT2D eigenvalue weighted by Gasteiger charge is 2.21. The van der Waals surface area contributed by atoms with Gasteiger partial charge >= 0.3 is 0 Å². The van der Waals surface area contributed by atoms with Gasteiger partial charge in [-0.15, -0.1) is 11.3 Å². The van der Waals surface area contributed by atoms with E-state index < -0.39 is 0 Å². The first-order valence-corrected chi connectivity index (χ1v) is 19.1. The van der Waals surface area contributed by atoms with E-state index in [1.807, 2.05) is 84.1 Å². The molecule has 0 aliphatic heterocycles. The van der Waals surface area contributed by atoms with Crippen molar-refractivity contribution in [2.45, 2.75) is 0 Å². The van der Waals surface area contributed by atoms with Gasteiger partial charge in [-0.3, -0.25) is 0 Å². The largest absolute Gasteiger partial charge is 0.456 e. The van der Waals surface area contributed by atoms with Crippen LogP contribution in [0.3, 0.4) is 0 Å². The molecule has 0 spiro atoms. The van der Waals surface area contributed by atoms with Gasteiger partial charge in [-0.2, -0.15) is 0 Å². The third-order valence-electron chi connectivity index (χ3n) is 10.3. The van der Waals surface area contributed by atoms with Crippen molar-refractivity contribution >= 4 is 81.3 Å². The minimum absolute atomic E-state index is 0.597. The number of fused-ring (bicyclic) bond motifs is 7. The second-order valence-corrected chi connectivity index (χ2v) is 14.7. The van der Waals surface area contributed by atoms with Crippen LogP contribution in [0, 0.1) is 0 Å². The molecular formula is C49H30N4OS. The first-order chi connectivity index (χ1) is 27.2. The lowest BCUT2D eigenvalue weighted by atomic mass is 10.0. The molecule has 0 atom stereocenters. The van der Waals surface area contributed by atoms with Gasteiger partial charge in [0.15, 0.2) is 17.5 Å². The Morgan fingerprint density at radius 1 is 0.400 bits per heavy atom. The SMILES string of the molecule is c1ccc(-c2nc(-c3ccccc3)nc(-c3cccc4oc5cc(N(c6ccc7ccccc7c6)c6ccc7c(c6)sc6ccccc67)ccc5c34)n2)cc1. The normalized spacial score (nSPS) is 11.6. The highest BCUT2D eigenvalue weighted by atomic mass is 32.1. The van der Waals surface area contributed by atoms with E-state index >= 15 is 0 Å². The molecule has 0 unspecified atom stereocenters. The molecule has 258 valence electrons. The third-order valence-corrected chi connectivity index (χ3v) is 11.4. The monoisotopic (exact) mass is 722 g/mol. The lowest BCUT2D eigenvalue weighted by Gasteiger charge is -2.26. The smallest absolute Gasteiger partial charge is 0.164 e. The fourth-order valence-electron chi connectivity index (χ4n) is 7.69. The summed E-state index contributed by atoms with van der Waals surface area (Å²) in [5, 5.41) is 6.91. The van der Waals surface area contributed by atoms with Crippen LogP contribution in [-0.4, -0.2) is 15.0 Å². The number of thiophene rings is 1. The maximum absolute atomic E-state index is 6.69. The molecule has 0 fully saturated rings. The molecule has 3 heterocycles. The van der Waals surface area contributed by atoms with E-state index in [2.05, 4.69) is 114 Å². The standard InChI is InChI=1S/C49H30N4OS/c1-3-13-32(14-4-1)47-50-48(33-15-5-2-6-16-33)52-49(51-47)41-19-11-20-42-46(41)40-27-25-36(29-43(40)54-42)53(35-23-22-31-12-7-8-17-34(31)28-35)37-24-26-39-38-18-9-10-21-44(38)55-45(39)30-37/h1-30H. The lowest BCUT2D eigenvalue weighted by Crippen LogP contribution is -2.09. The molecule has 8 aromatic carbocycles. The molecule has 11 aromatic rings. The summed E-state index contributed by atoms with van der Waals surface area (Å²) >= 11 is 1.83. The van der Waals surface area contributed by atoms with E-state index in [0.717, 1.165) is 55.7 Å². The van der Waals surface area contributed by atoms with Crippen LogP contribution in [0.4, 0.5) is 17.1 Å². The summed E-state index contributed by atoms with van der Waals surface area (Å²) in [5.74, 6) is 1.84. The van der Waals surface area contributed by atoms with E-state index in [4.69, 9.17) is 19.4 Å². The third kappa shape index (κ3) is 5.42. The Morgan fingerprint density at radius 2 is 1.00 bits per heavy atom. The minimum Gasteiger partial charge on any atom is -0.456 e. The predicted molar refractivity (Wildman–Crippen MR) is 228 cm³/mol. The Balaban J connectivity index is 1.09. The summed E-state index contributed by atoms with van der Waals surface area (Å²) in [4.78, 5) is 17.4. The number of nitrogens with zero attached hydrogens (tertiary/aromatic N) is 4. The van der Waals surface area contributed by atoms with Crippen LogP contribution in [0.25, 0.3) is 87.0 Å². The molecule has 0 radical (unpaired) electrons. The molecule has 55 heavy (non-hydrogen) atoms. The zero-order valence-electron chi connectivity index (χ0n) is 29.4. The number of rotatable bonds is 6. The van der Waals surface area contributed by atoms with Gasteiger partial charge in [0.05, 0.1) is 0 Å². The van der Waals surface area contributed by atoms with Crippen LogP contribution in [0.5, 0.6) is 0 Å². The number of aromatic nitrogens is 3. The Kier molecular flexibility index (Phi) is 7.28. The maximum Gasteiger partial charge on any atom is 0.164 e. The van der Waals surface area contributed by atoms with E-state index in [9.17, 15) is 0 Å². The van der Waals surface area contributed by atoms with Gasteiger partial charge in [-0.1, -0.05) is 127 Å². The average Bonchev–Trinajstić information content (AvgIpc) is 3.82.